The minimum absolute atomic E-state index is 0.134. The molecule has 0 saturated heterocycles. The van der Waals surface area contributed by atoms with Crippen LogP contribution in [0.1, 0.15) is 18.9 Å². The minimum Gasteiger partial charge on any atom is -0.490 e. The molecule has 30 heavy (non-hydrogen) atoms. The smallest absolute Gasteiger partial charge is 0.311 e. The second-order valence-electron chi connectivity index (χ2n) is 6.53. The third kappa shape index (κ3) is 3.50. The number of methoxy groups -OCH3 is 1. The molecule has 0 bridgehead atoms. The molecule has 10 nitrogen and oxygen atoms in total. The molecule has 0 radical (unpaired) electrons. The highest BCUT2D eigenvalue weighted by Crippen LogP contribution is 2.27. The van der Waals surface area contributed by atoms with Crippen molar-refractivity contribution >= 4 is 39.9 Å². The highest BCUT2D eigenvalue weighted by atomic mass is 16.6. The van der Waals surface area contributed by atoms with Crippen LogP contribution in [0.4, 0.5) is 11.6 Å². The number of nitro groups is 1. The minimum atomic E-state index is -0.503. The zero-order valence-corrected chi connectivity index (χ0v) is 16.4. The van der Waals surface area contributed by atoms with E-state index in [1.165, 1.54) is 25.5 Å². The fourth-order valence-corrected chi connectivity index (χ4v) is 3.30. The van der Waals surface area contributed by atoms with Crippen molar-refractivity contribution in [2.24, 2.45) is 5.10 Å². The third-order valence-electron chi connectivity index (χ3n) is 4.60. The van der Waals surface area contributed by atoms with Crippen LogP contribution in [-0.2, 0) is 6.54 Å². The van der Waals surface area contributed by atoms with Crippen molar-refractivity contribution in [1.29, 1.82) is 0 Å². The molecule has 0 amide bonds. The average Bonchev–Trinajstić information content (AvgIpc) is 3.07. The Kier molecular flexibility index (Phi) is 5.21. The maximum Gasteiger partial charge on any atom is 0.311 e. The van der Waals surface area contributed by atoms with Gasteiger partial charge in [-0.05, 0) is 24.6 Å². The van der Waals surface area contributed by atoms with Crippen molar-refractivity contribution in [3.8, 4) is 5.75 Å². The number of nitrogens with zero attached hydrogens (tertiary/aromatic N) is 6. The van der Waals surface area contributed by atoms with Crippen LogP contribution in [0, 0.1) is 10.1 Å². The van der Waals surface area contributed by atoms with E-state index in [9.17, 15) is 10.1 Å². The number of ether oxygens (including phenoxy) is 1. The topological polar surface area (TPSA) is 120 Å². The maximum absolute atomic E-state index is 11.1. The van der Waals surface area contributed by atoms with E-state index in [0.717, 1.165) is 35.0 Å². The zero-order chi connectivity index (χ0) is 21.1. The molecule has 0 spiro atoms. The molecular formula is C20H19N7O3. The first-order valence-corrected chi connectivity index (χ1v) is 9.35. The zero-order valence-electron chi connectivity index (χ0n) is 16.4. The van der Waals surface area contributed by atoms with E-state index >= 15 is 0 Å². The van der Waals surface area contributed by atoms with E-state index in [-0.39, 0.29) is 17.4 Å². The van der Waals surface area contributed by atoms with E-state index in [0.29, 0.717) is 5.56 Å². The Morgan fingerprint density at radius 3 is 2.87 bits per heavy atom. The van der Waals surface area contributed by atoms with Crippen LogP contribution in [0.25, 0.3) is 22.1 Å². The lowest BCUT2D eigenvalue weighted by atomic mass is 10.2. The quantitative estimate of drug-likeness (QED) is 0.282. The fourth-order valence-electron chi connectivity index (χ4n) is 3.30. The number of hydrogen-bond acceptors (Lipinski definition) is 8. The molecule has 10 heteroatoms. The first-order valence-electron chi connectivity index (χ1n) is 9.35. The van der Waals surface area contributed by atoms with Gasteiger partial charge < -0.3 is 9.30 Å². The normalized spacial score (nSPS) is 11.4. The van der Waals surface area contributed by atoms with Crippen LogP contribution in [-0.4, -0.2) is 38.0 Å². The van der Waals surface area contributed by atoms with Gasteiger partial charge in [0.1, 0.15) is 5.52 Å². The van der Waals surface area contributed by atoms with Crippen molar-refractivity contribution in [1.82, 2.24) is 19.7 Å². The lowest BCUT2D eigenvalue weighted by Crippen LogP contribution is -2.03. The highest BCUT2D eigenvalue weighted by Gasteiger charge is 2.15. The van der Waals surface area contributed by atoms with Crippen molar-refractivity contribution in [2.45, 2.75) is 19.9 Å². The second kappa shape index (κ2) is 8.11. The van der Waals surface area contributed by atoms with E-state index in [2.05, 4.69) is 37.2 Å². The summed E-state index contributed by atoms with van der Waals surface area (Å²) in [4.78, 5) is 15.2. The summed E-state index contributed by atoms with van der Waals surface area (Å²) in [6.45, 7) is 2.91. The molecule has 152 valence electrons. The SMILES string of the molecule is CCCn1c2ccccc2c2nnc(N/N=C/c3ccc(OC)c([N+](=O)[O-])c3)nc21. The fraction of sp³-hybridized carbons (Fsp3) is 0.200. The summed E-state index contributed by atoms with van der Waals surface area (Å²) in [5, 5.41) is 24.7. The van der Waals surface area contributed by atoms with Crippen LogP contribution in [0.3, 0.4) is 0 Å². The summed E-state index contributed by atoms with van der Waals surface area (Å²) >= 11 is 0. The number of hydrogen-bond donors (Lipinski definition) is 1. The lowest BCUT2D eigenvalue weighted by molar-refractivity contribution is -0.385. The predicted molar refractivity (Wildman–Crippen MR) is 114 cm³/mol. The number of benzene rings is 2. The van der Waals surface area contributed by atoms with Crippen LogP contribution < -0.4 is 10.2 Å². The molecule has 0 atom stereocenters. The Bertz CT molecular complexity index is 1270. The van der Waals surface area contributed by atoms with Gasteiger partial charge in [0.2, 0.25) is 0 Å². The number of nitrogens with one attached hydrogen (secondary N) is 1. The van der Waals surface area contributed by atoms with Gasteiger partial charge >= 0.3 is 5.69 Å². The van der Waals surface area contributed by atoms with Gasteiger partial charge in [-0.3, -0.25) is 10.1 Å². The Labute approximate surface area is 171 Å². The molecule has 1 N–H and O–H groups in total. The highest BCUT2D eigenvalue weighted by molar-refractivity contribution is 6.04. The summed E-state index contributed by atoms with van der Waals surface area (Å²) in [6.07, 6.45) is 2.40. The van der Waals surface area contributed by atoms with Crippen LogP contribution in [0.2, 0.25) is 0 Å². The third-order valence-corrected chi connectivity index (χ3v) is 4.60. The van der Waals surface area contributed by atoms with Gasteiger partial charge in [0.05, 0.1) is 23.8 Å². The number of anilines is 1. The number of aromatic nitrogens is 4. The summed E-state index contributed by atoms with van der Waals surface area (Å²) in [7, 11) is 1.38. The number of rotatable bonds is 7. The van der Waals surface area contributed by atoms with Crippen molar-refractivity contribution in [2.75, 3.05) is 12.5 Å². The Balaban J connectivity index is 1.63. The molecule has 0 aliphatic carbocycles. The Morgan fingerprint density at radius 2 is 2.10 bits per heavy atom. The van der Waals surface area contributed by atoms with Gasteiger partial charge in [-0.25, -0.2) is 5.43 Å². The Hall–Kier alpha value is -4.08. The van der Waals surface area contributed by atoms with E-state index < -0.39 is 4.92 Å². The predicted octanol–water partition coefficient (Wildman–Crippen LogP) is 3.75. The van der Waals surface area contributed by atoms with Crippen LogP contribution >= 0.6 is 0 Å². The van der Waals surface area contributed by atoms with Gasteiger partial charge in [-0.15, -0.1) is 10.2 Å². The standard InChI is InChI=1S/C20H19N7O3/c1-3-10-26-15-7-5-4-6-14(15)18-19(26)22-20(25-23-18)24-21-12-13-8-9-17(30-2)16(11-13)27(28)29/h4-9,11-12H,3,10H2,1-2H3,(H,22,24,25)/b21-12+. The molecule has 0 fully saturated rings. The number of aryl methyl sites for hydroxylation is 1. The monoisotopic (exact) mass is 405 g/mol. The first-order chi connectivity index (χ1) is 14.6. The van der Waals surface area contributed by atoms with Crippen molar-refractivity contribution < 1.29 is 9.66 Å². The van der Waals surface area contributed by atoms with E-state index in [4.69, 9.17) is 4.74 Å². The molecular weight excluding hydrogens is 386 g/mol. The summed E-state index contributed by atoms with van der Waals surface area (Å²) < 4.78 is 7.11. The van der Waals surface area contributed by atoms with Crippen molar-refractivity contribution in [3.05, 3.63) is 58.1 Å². The number of para-hydroxylation sites is 1. The van der Waals surface area contributed by atoms with Gasteiger partial charge in [0, 0.05) is 23.6 Å². The lowest BCUT2D eigenvalue weighted by Gasteiger charge is -2.04. The van der Waals surface area contributed by atoms with Gasteiger partial charge in [0.15, 0.2) is 11.4 Å². The van der Waals surface area contributed by atoms with Crippen molar-refractivity contribution in [3.63, 3.8) is 0 Å². The Morgan fingerprint density at radius 1 is 1.27 bits per heavy atom. The van der Waals surface area contributed by atoms with Gasteiger partial charge in [-0.1, -0.05) is 25.1 Å². The van der Waals surface area contributed by atoms with Crippen LogP contribution in [0.15, 0.2) is 47.6 Å². The first kappa shape index (κ1) is 19.2. The summed E-state index contributed by atoms with van der Waals surface area (Å²) in [5.41, 5.74) is 5.66. The molecule has 4 aromatic rings. The number of fused-ring (bicyclic) bond motifs is 3. The summed E-state index contributed by atoms with van der Waals surface area (Å²) in [5.74, 6) is 0.425. The molecule has 2 heterocycles. The second-order valence-corrected chi connectivity index (χ2v) is 6.53. The van der Waals surface area contributed by atoms with E-state index in [1.54, 1.807) is 6.07 Å². The number of hydrazone groups is 1. The average molecular weight is 405 g/mol. The molecule has 2 aromatic heterocycles. The molecule has 0 saturated carbocycles. The maximum atomic E-state index is 11.1. The molecule has 0 unspecified atom stereocenters. The molecule has 2 aromatic carbocycles. The van der Waals surface area contributed by atoms with Gasteiger partial charge in [-0.2, -0.15) is 10.1 Å². The molecule has 0 aliphatic rings. The molecule has 4 rings (SSSR count). The largest absolute Gasteiger partial charge is 0.490 e. The van der Waals surface area contributed by atoms with Crippen LogP contribution in [0.5, 0.6) is 5.75 Å². The summed E-state index contributed by atoms with van der Waals surface area (Å²) in [6, 6.07) is 12.6. The van der Waals surface area contributed by atoms with E-state index in [1.807, 2.05) is 24.3 Å². The molecule has 0 aliphatic heterocycles. The number of nitro benzene ring substituents is 1. The van der Waals surface area contributed by atoms with Gasteiger partial charge in [0.25, 0.3) is 5.95 Å².